The van der Waals surface area contributed by atoms with Crippen molar-refractivity contribution in [1.29, 1.82) is 0 Å². The van der Waals surface area contributed by atoms with Crippen LogP contribution in [0.15, 0.2) is 81.9 Å². The van der Waals surface area contributed by atoms with E-state index in [2.05, 4.69) is 26.8 Å². The van der Waals surface area contributed by atoms with Crippen molar-refractivity contribution >= 4 is 68.6 Å². The van der Waals surface area contributed by atoms with Crippen LogP contribution in [0.2, 0.25) is 0 Å². The number of carbonyl (C=O) groups is 2. The summed E-state index contributed by atoms with van der Waals surface area (Å²) in [4.78, 5) is 31.3. The van der Waals surface area contributed by atoms with Gasteiger partial charge in [-0.25, -0.2) is 4.79 Å². The number of fused-ring (bicyclic) bond motifs is 1. The number of thioether (sulfide) groups is 2. The second-order valence-electron chi connectivity index (χ2n) is 12.0. The summed E-state index contributed by atoms with van der Waals surface area (Å²) in [5.74, 6) is -0.439. The molecule has 5 rings (SSSR count). The van der Waals surface area contributed by atoms with Crippen LogP contribution < -0.4 is 4.90 Å². The monoisotopic (exact) mass is 613 g/mol. The number of thiocarbonyl (C=S) groups is 1. The number of anilines is 1. The molecule has 0 atom stereocenters. The van der Waals surface area contributed by atoms with Gasteiger partial charge < -0.3 is 4.74 Å². The summed E-state index contributed by atoms with van der Waals surface area (Å²) in [5.41, 5.74) is 5.56. The third kappa shape index (κ3) is 5.50. The maximum absolute atomic E-state index is 14.2. The molecule has 7 heteroatoms. The second kappa shape index (κ2) is 11.5. The van der Waals surface area contributed by atoms with Gasteiger partial charge in [-0.05, 0) is 68.0 Å². The van der Waals surface area contributed by atoms with E-state index in [1.54, 1.807) is 11.8 Å². The van der Waals surface area contributed by atoms with E-state index >= 15 is 0 Å². The zero-order valence-corrected chi connectivity index (χ0v) is 27.5. The van der Waals surface area contributed by atoms with E-state index in [0.717, 1.165) is 37.1 Å². The molecule has 0 spiro atoms. The van der Waals surface area contributed by atoms with Crippen molar-refractivity contribution in [2.45, 2.75) is 59.4 Å². The van der Waals surface area contributed by atoms with Crippen LogP contribution in [0.4, 0.5) is 5.69 Å². The fourth-order valence-electron chi connectivity index (χ4n) is 5.19. The average molecular weight is 614 g/mol. The maximum Gasteiger partial charge on any atom is 0.346 e. The summed E-state index contributed by atoms with van der Waals surface area (Å²) in [7, 11) is 0. The minimum atomic E-state index is -0.807. The van der Waals surface area contributed by atoms with Crippen molar-refractivity contribution in [3.8, 4) is 0 Å². The number of aryl methyl sites for hydroxylation is 1. The fraction of sp³-hybridized carbons (Fsp3) is 0.286. The Kier molecular flexibility index (Phi) is 8.31. The molecule has 0 bridgehead atoms. The normalized spacial score (nSPS) is 18.3. The van der Waals surface area contributed by atoms with Gasteiger partial charge in [0.2, 0.25) is 0 Å². The molecule has 3 aromatic rings. The fourth-order valence-corrected chi connectivity index (χ4v) is 8.32. The van der Waals surface area contributed by atoms with Crippen LogP contribution in [0.1, 0.15) is 74.2 Å². The molecule has 2 heterocycles. The van der Waals surface area contributed by atoms with Crippen LogP contribution in [0.25, 0.3) is 10.5 Å². The van der Waals surface area contributed by atoms with Gasteiger partial charge in [0.25, 0.3) is 5.91 Å². The van der Waals surface area contributed by atoms with E-state index in [-0.39, 0.29) is 17.3 Å². The van der Waals surface area contributed by atoms with Crippen molar-refractivity contribution in [1.82, 2.24) is 0 Å². The lowest BCUT2D eigenvalue weighted by Gasteiger charge is -2.45. The van der Waals surface area contributed by atoms with E-state index in [4.69, 9.17) is 17.0 Å². The van der Waals surface area contributed by atoms with E-state index in [9.17, 15) is 9.59 Å². The first-order valence-electron chi connectivity index (χ1n) is 14.0. The first-order valence-corrected chi connectivity index (χ1v) is 16.1. The summed E-state index contributed by atoms with van der Waals surface area (Å²) in [6, 6.07) is 23.9. The second-order valence-corrected chi connectivity index (χ2v) is 14.7. The first kappa shape index (κ1) is 30.3. The van der Waals surface area contributed by atoms with Crippen LogP contribution in [-0.2, 0) is 14.9 Å². The SMILES string of the molecule is CCOC(=O)C1=C(c2ccccc2)S/C(=C2/C(=S)C(C)(C)N(C(=O)c3ccc(C(C)(C)C)cc3)c3cc(C)ccc32)S1. The minimum Gasteiger partial charge on any atom is -0.462 e. The quantitative estimate of drug-likeness (QED) is 0.166. The molecule has 0 aliphatic carbocycles. The van der Waals surface area contributed by atoms with Crippen molar-refractivity contribution < 1.29 is 14.3 Å². The molecule has 0 N–H and O–H groups in total. The average Bonchev–Trinajstić information content (AvgIpc) is 3.39. The molecule has 0 radical (unpaired) electrons. The third-order valence-electron chi connectivity index (χ3n) is 7.50. The standard InChI is InChI=1S/C35H35NO3S3/c1-8-39-32(38)29-28(22-12-10-9-11-13-22)41-33(42-29)27-25-19-14-21(2)20-26(25)36(35(6,7)30(27)40)31(37)23-15-17-24(18-16-23)34(3,4)5/h9-20H,8H2,1-7H3/b33-27-. The van der Waals surface area contributed by atoms with Gasteiger partial charge in [-0.15, -0.1) is 0 Å². The molecule has 216 valence electrons. The highest BCUT2D eigenvalue weighted by Crippen LogP contribution is 2.58. The van der Waals surface area contributed by atoms with Crippen molar-refractivity contribution in [2.75, 3.05) is 11.5 Å². The zero-order valence-electron chi connectivity index (χ0n) is 25.0. The Morgan fingerprint density at radius 2 is 1.62 bits per heavy atom. The molecule has 42 heavy (non-hydrogen) atoms. The lowest BCUT2D eigenvalue weighted by Crippen LogP contribution is -2.56. The summed E-state index contributed by atoms with van der Waals surface area (Å²) in [6.07, 6.45) is 0. The molecule has 4 nitrogen and oxygen atoms in total. The molecule has 0 aromatic heterocycles. The number of amides is 1. The van der Waals surface area contributed by atoms with Crippen molar-refractivity contribution in [3.05, 3.63) is 110 Å². The predicted octanol–water partition coefficient (Wildman–Crippen LogP) is 9.18. The molecule has 0 unspecified atom stereocenters. The van der Waals surface area contributed by atoms with Crippen LogP contribution in [0.5, 0.6) is 0 Å². The van der Waals surface area contributed by atoms with Crippen LogP contribution in [-0.4, -0.2) is 28.9 Å². The molecule has 2 aliphatic heterocycles. The van der Waals surface area contributed by atoms with Crippen LogP contribution in [0.3, 0.4) is 0 Å². The zero-order chi connectivity index (χ0) is 30.4. The van der Waals surface area contributed by atoms with Gasteiger partial charge >= 0.3 is 5.97 Å². The number of nitrogens with zero attached hydrogens (tertiary/aromatic N) is 1. The van der Waals surface area contributed by atoms with Gasteiger partial charge in [-0.1, -0.05) is 111 Å². The number of esters is 1. The first-order chi connectivity index (χ1) is 19.8. The molecule has 1 amide bonds. The van der Waals surface area contributed by atoms with E-state index < -0.39 is 5.54 Å². The Labute approximate surface area is 262 Å². The molecule has 2 aliphatic rings. The van der Waals surface area contributed by atoms with E-state index in [0.29, 0.717) is 21.9 Å². The number of hydrogen-bond donors (Lipinski definition) is 0. The number of ether oxygens (including phenoxy) is 1. The molecule has 0 saturated heterocycles. The van der Waals surface area contributed by atoms with Crippen molar-refractivity contribution in [2.24, 2.45) is 0 Å². The lowest BCUT2D eigenvalue weighted by molar-refractivity contribution is -0.137. The number of benzene rings is 3. The molecule has 3 aromatic carbocycles. The van der Waals surface area contributed by atoms with E-state index in [1.807, 2.05) is 99.3 Å². The predicted molar refractivity (Wildman–Crippen MR) is 182 cm³/mol. The molecular formula is C35H35NO3S3. The van der Waals surface area contributed by atoms with Gasteiger partial charge in [-0.2, -0.15) is 0 Å². The Morgan fingerprint density at radius 3 is 2.24 bits per heavy atom. The lowest BCUT2D eigenvalue weighted by atomic mass is 9.82. The topological polar surface area (TPSA) is 46.6 Å². The highest BCUT2D eigenvalue weighted by atomic mass is 32.2. The molecule has 0 saturated carbocycles. The number of rotatable bonds is 4. The highest BCUT2D eigenvalue weighted by Gasteiger charge is 2.46. The summed E-state index contributed by atoms with van der Waals surface area (Å²) < 4.78 is 6.37. The van der Waals surface area contributed by atoms with Gasteiger partial charge in [0.05, 0.1) is 26.9 Å². The van der Waals surface area contributed by atoms with Crippen LogP contribution in [0, 0.1) is 6.92 Å². The van der Waals surface area contributed by atoms with E-state index in [1.165, 1.54) is 17.3 Å². The Balaban J connectivity index is 1.64. The Morgan fingerprint density at radius 1 is 0.952 bits per heavy atom. The van der Waals surface area contributed by atoms with Gasteiger partial charge in [-0.3, -0.25) is 9.69 Å². The number of hydrogen-bond acceptors (Lipinski definition) is 6. The highest BCUT2D eigenvalue weighted by molar-refractivity contribution is 8.32. The molecule has 0 fully saturated rings. The Bertz CT molecular complexity index is 1640. The Hall–Kier alpha value is -3.13. The smallest absolute Gasteiger partial charge is 0.346 e. The van der Waals surface area contributed by atoms with Gasteiger partial charge in [0, 0.05) is 21.6 Å². The van der Waals surface area contributed by atoms with Crippen LogP contribution >= 0.6 is 35.7 Å². The summed E-state index contributed by atoms with van der Waals surface area (Å²) >= 11 is 9.17. The maximum atomic E-state index is 14.2. The molecular weight excluding hydrogens is 579 g/mol. The third-order valence-corrected chi connectivity index (χ3v) is 10.8. The van der Waals surface area contributed by atoms with Gasteiger partial charge in [0.1, 0.15) is 4.91 Å². The number of carbonyl (C=O) groups excluding carboxylic acids is 2. The summed E-state index contributed by atoms with van der Waals surface area (Å²) in [6.45, 7) is 14.6. The minimum absolute atomic E-state index is 0.00993. The van der Waals surface area contributed by atoms with Gasteiger partial charge in [0.15, 0.2) is 0 Å². The summed E-state index contributed by atoms with van der Waals surface area (Å²) in [5, 5.41) is 0. The van der Waals surface area contributed by atoms with Crippen molar-refractivity contribution in [3.63, 3.8) is 0 Å². The largest absolute Gasteiger partial charge is 0.462 e.